The number of halogens is 1. The Hall–Kier alpha value is -3.39. The summed E-state index contributed by atoms with van der Waals surface area (Å²) in [4.78, 5) is 23.1. The number of hydrogen-bond donors (Lipinski definition) is 3. The molecular weight excluding hydrogens is 350 g/mol. The zero-order valence-corrected chi connectivity index (χ0v) is 13.3. The first-order chi connectivity index (χ1) is 12.0. The van der Waals surface area contributed by atoms with Crippen molar-refractivity contribution in [3.8, 4) is 0 Å². The number of benzene rings is 1. The topological polar surface area (TPSA) is 126 Å². The summed E-state index contributed by atoms with van der Waals surface area (Å²) in [7, 11) is 0. The van der Waals surface area contributed by atoms with Crippen molar-refractivity contribution in [2.24, 2.45) is 0 Å². The first-order valence-corrected chi connectivity index (χ1v) is 7.19. The molecule has 0 aliphatic heterocycles. The fourth-order valence-electron chi connectivity index (χ4n) is 1.72. The monoisotopic (exact) mass is 361 g/mol. The molecule has 0 aliphatic rings. The van der Waals surface area contributed by atoms with E-state index >= 15 is 0 Å². The van der Waals surface area contributed by atoms with Crippen LogP contribution in [0.5, 0.6) is 0 Å². The van der Waals surface area contributed by atoms with Crippen molar-refractivity contribution in [3.63, 3.8) is 0 Å². The summed E-state index contributed by atoms with van der Waals surface area (Å²) in [5.74, 6) is -1.84. The van der Waals surface area contributed by atoms with Gasteiger partial charge in [-0.25, -0.2) is 9.59 Å². The highest BCUT2D eigenvalue weighted by Crippen LogP contribution is 2.27. The Labute approximate surface area is 146 Å². The third-order valence-corrected chi connectivity index (χ3v) is 2.98. The van der Waals surface area contributed by atoms with Crippen molar-refractivity contribution >= 4 is 46.0 Å². The number of rotatable bonds is 4. The molecule has 0 saturated heterocycles. The molecule has 2 aromatic heterocycles. The summed E-state index contributed by atoms with van der Waals surface area (Å²) in [6.45, 7) is 0. The molecule has 9 heteroatoms. The third kappa shape index (κ3) is 5.63. The Morgan fingerprint density at radius 2 is 1.72 bits per heavy atom. The Kier molecular flexibility index (Phi) is 6.08. The number of aliphatic carboxylic acids is 2. The van der Waals surface area contributed by atoms with Gasteiger partial charge in [-0.2, -0.15) is 0 Å². The number of pyridine rings is 1. The molecule has 0 bridgehead atoms. The van der Waals surface area contributed by atoms with Crippen molar-refractivity contribution < 1.29 is 24.3 Å². The molecule has 3 N–H and O–H groups in total. The maximum atomic E-state index is 9.55. The van der Waals surface area contributed by atoms with Gasteiger partial charge in [0.05, 0.1) is 5.39 Å². The van der Waals surface area contributed by atoms with E-state index in [0.717, 1.165) is 11.1 Å². The number of carbonyl (C=O) groups is 2. The van der Waals surface area contributed by atoms with Crippen LogP contribution in [-0.4, -0.2) is 32.3 Å². The van der Waals surface area contributed by atoms with Crippen LogP contribution in [0.1, 0.15) is 0 Å². The van der Waals surface area contributed by atoms with Crippen LogP contribution in [0.25, 0.3) is 11.0 Å². The molecule has 0 radical (unpaired) electrons. The van der Waals surface area contributed by atoms with E-state index in [1.165, 1.54) is 0 Å². The molecule has 0 saturated carbocycles. The van der Waals surface area contributed by atoms with Crippen LogP contribution in [0.3, 0.4) is 0 Å². The standard InChI is InChI=1S/C12H8ClN3O.C4H4O4/c13-8-1-2-10-11(7-8)17-16-12(10)15-9-3-5-14-6-4-9;5-3(6)1-2-4(7)8/h1-7H,(H,14,15,16);1-2H,(H,5,6)(H,7,8)/b;2-1-. The van der Waals surface area contributed by atoms with E-state index < -0.39 is 11.9 Å². The van der Waals surface area contributed by atoms with Gasteiger partial charge in [0.1, 0.15) is 0 Å². The predicted octanol–water partition coefficient (Wildman–Crippen LogP) is 3.33. The van der Waals surface area contributed by atoms with Crippen LogP contribution in [0.2, 0.25) is 5.02 Å². The molecule has 3 rings (SSSR count). The second-order valence-corrected chi connectivity index (χ2v) is 4.98. The van der Waals surface area contributed by atoms with E-state index in [4.69, 9.17) is 26.3 Å². The van der Waals surface area contributed by atoms with Crippen LogP contribution in [0.15, 0.2) is 59.4 Å². The molecule has 25 heavy (non-hydrogen) atoms. The van der Waals surface area contributed by atoms with Gasteiger partial charge in [-0.15, -0.1) is 0 Å². The number of hydrogen-bond acceptors (Lipinski definition) is 6. The first-order valence-electron chi connectivity index (χ1n) is 6.81. The lowest BCUT2D eigenvalue weighted by Gasteiger charge is -2.00. The molecule has 128 valence electrons. The quantitative estimate of drug-likeness (QED) is 0.604. The summed E-state index contributed by atoms with van der Waals surface area (Å²) in [6.07, 6.45) is 4.54. The SMILES string of the molecule is Clc1ccc2c(Nc3ccncc3)noc2c1.O=C(O)/C=C\C(=O)O. The summed E-state index contributed by atoms with van der Waals surface area (Å²) >= 11 is 5.87. The Morgan fingerprint density at radius 3 is 2.32 bits per heavy atom. The summed E-state index contributed by atoms with van der Waals surface area (Å²) in [5, 5.41) is 24.3. The van der Waals surface area contributed by atoms with Crippen LogP contribution < -0.4 is 5.32 Å². The molecule has 0 spiro atoms. The lowest BCUT2D eigenvalue weighted by Crippen LogP contribution is -1.91. The van der Waals surface area contributed by atoms with Crippen LogP contribution >= 0.6 is 11.6 Å². The molecule has 0 amide bonds. The molecule has 3 aromatic rings. The Bertz CT molecular complexity index is 893. The fraction of sp³-hybridized carbons (Fsp3) is 0. The van der Waals surface area contributed by atoms with Gasteiger partial charge in [-0.3, -0.25) is 4.98 Å². The van der Waals surface area contributed by atoms with Gasteiger partial charge in [0.25, 0.3) is 0 Å². The van der Waals surface area contributed by atoms with Crippen LogP contribution in [-0.2, 0) is 9.59 Å². The molecule has 0 unspecified atom stereocenters. The molecular formula is C16H12ClN3O5. The maximum Gasteiger partial charge on any atom is 0.328 e. The smallest absolute Gasteiger partial charge is 0.328 e. The zero-order chi connectivity index (χ0) is 18.2. The summed E-state index contributed by atoms with van der Waals surface area (Å²) in [6, 6.07) is 9.13. The molecule has 0 fully saturated rings. The van der Waals surface area contributed by atoms with Crippen LogP contribution in [0, 0.1) is 0 Å². The first kappa shape index (κ1) is 18.0. The molecule has 1 aromatic carbocycles. The number of anilines is 2. The molecule has 8 nitrogen and oxygen atoms in total. The van der Waals surface area contributed by atoms with Gasteiger partial charge in [-0.1, -0.05) is 16.8 Å². The largest absolute Gasteiger partial charge is 0.478 e. The highest BCUT2D eigenvalue weighted by molar-refractivity contribution is 6.31. The number of nitrogens with zero attached hydrogens (tertiary/aromatic N) is 2. The highest BCUT2D eigenvalue weighted by atomic mass is 35.5. The van der Waals surface area contributed by atoms with Crippen molar-refractivity contribution in [2.75, 3.05) is 5.32 Å². The van der Waals surface area contributed by atoms with E-state index in [9.17, 15) is 9.59 Å². The van der Waals surface area contributed by atoms with E-state index in [1.807, 2.05) is 18.2 Å². The zero-order valence-electron chi connectivity index (χ0n) is 12.6. The minimum Gasteiger partial charge on any atom is -0.478 e. The van der Waals surface area contributed by atoms with E-state index in [2.05, 4.69) is 15.5 Å². The van der Waals surface area contributed by atoms with Gasteiger partial charge in [-0.05, 0) is 24.3 Å². The average molecular weight is 362 g/mol. The number of nitrogens with one attached hydrogen (secondary N) is 1. The highest BCUT2D eigenvalue weighted by Gasteiger charge is 2.08. The third-order valence-electron chi connectivity index (χ3n) is 2.75. The lowest BCUT2D eigenvalue weighted by molar-refractivity contribution is -0.134. The lowest BCUT2D eigenvalue weighted by atomic mass is 10.2. The minimum atomic E-state index is -1.26. The number of carboxylic acids is 2. The Balaban J connectivity index is 0.000000242. The van der Waals surface area contributed by atoms with Crippen LogP contribution in [0.4, 0.5) is 11.5 Å². The van der Waals surface area contributed by atoms with E-state index in [0.29, 0.717) is 28.6 Å². The second kappa shape index (κ2) is 8.46. The number of fused-ring (bicyclic) bond motifs is 1. The van der Waals surface area contributed by atoms with Gasteiger partial charge in [0.15, 0.2) is 11.4 Å². The fourth-order valence-corrected chi connectivity index (χ4v) is 1.88. The van der Waals surface area contributed by atoms with E-state index in [-0.39, 0.29) is 0 Å². The van der Waals surface area contributed by atoms with Gasteiger partial charge in [0, 0.05) is 41.3 Å². The molecule has 0 aliphatic carbocycles. The van der Waals surface area contributed by atoms with Gasteiger partial charge >= 0.3 is 11.9 Å². The predicted molar refractivity (Wildman–Crippen MR) is 91.0 cm³/mol. The van der Waals surface area contributed by atoms with E-state index in [1.54, 1.807) is 24.5 Å². The van der Waals surface area contributed by atoms with Crippen molar-refractivity contribution in [3.05, 3.63) is 59.9 Å². The minimum absolute atomic E-state index is 0.558. The average Bonchev–Trinajstić information content (AvgIpc) is 2.96. The van der Waals surface area contributed by atoms with Crippen molar-refractivity contribution in [1.82, 2.24) is 10.1 Å². The maximum absolute atomic E-state index is 9.55. The van der Waals surface area contributed by atoms with Crippen molar-refractivity contribution in [2.45, 2.75) is 0 Å². The molecule has 2 heterocycles. The number of carboxylic acid groups (broad SMARTS) is 2. The number of aromatic nitrogens is 2. The second-order valence-electron chi connectivity index (χ2n) is 4.54. The normalized spacial score (nSPS) is 10.3. The van der Waals surface area contributed by atoms with Gasteiger partial charge < -0.3 is 20.1 Å². The molecule has 0 atom stereocenters. The van der Waals surface area contributed by atoms with Crippen molar-refractivity contribution in [1.29, 1.82) is 0 Å². The summed E-state index contributed by atoms with van der Waals surface area (Å²) < 4.78 is 5.19. The van der Waals surface area contributed by atoms with Gasteiger partial charge in [0.2, 0.25) is 0 Å². The Morgan fingerprint density at radius 1 is 1.08 bits per heavy atom. The summed E-state index contributed by atoms with van der Waals surface area (Å²) in [5.41, 5.74) is 1.57.